The summed E-state index contributed by atoms with van der Waals surface area (Å²) in [4.78, 5) is 15.4. The zero-order chi connectivity index (χ0) is 16.7. The number of thiophene rings is 1. The molecule has 1 atom stereocenters. The normalized spacial score (nSPS) is 21.0. The van der Waals surface area contributed by atoms with Crippen LogP contribution in [0.1, 0.15) is 41.0 Å². The van der Waals surface area contributed by atoms with Gasteiger partial charge in [-0.1, -0.05) is 0 Å². The molecule has 1 saturated heterocycles. The monoisotopic (exact) mass is 379 g/mol. The Labute approximate surface area is 159 Å². The van der Waals surface area contributed by atoms with Crippen molar-refractivity contribution in [1.82, 2.24) is 14.8 Å². The average molecular weight is 380 g/mol. The van der Waals surface area contributed by atoms with Gasteiger partial charge >= 0.3 is 0 Å². The van der Waals surface area contributed by atoms with Crippen molar-refractivity contribution in [3.63, 3.8) is 0 Å². The van der Waals surface area contributed by atoms with Gasteiger partial charge in [-0.25, -0.2) is 0 Å². The Morgan fingerprint density at radius 3 is 2.72 bits per heavy atom. The summed E-state index contributed by atoms with van der Waals surface area (Å²) >= 11 is 1.70. The van der Waals surface area contributed by atoms with Crippen molar-refractivity contribution in [3.8, 4) is 0 Å². The first-order chi connectivity index (χ1) is 11.6. The number of carbonyl (C=O) groups is 1. The Morgan fingerprint density at radius 1 is 1.36 bits per heavy atom. The average Bonchev–Trinajstić information content (AvgIpc) is 2.92. The number of amides is 1. The summed E-state index contributed by atoms with van der Waals surface area (Å²) in [6, 6.07) is 6.53. The van der Waals surface area contributed by atoms with Gasteiger partial charge in [0, 0.05) is 25.3 Å². The number of hydrogen-bond donors (Lipinski definition) is 1. The fraction of sp³-hybridized carbons (Fsp3) is 0.526. The Kier molecular flexibility index (Phi) is 5.28. The summed E-state index contributed by atoms with van der Waals surface area (Å²) in [6.07, 6.45) is 3.54. The lowest BCUT2D eigenvalue weighted by atomic mass is 9.93. The third-order valence-corrected chi connectivity index (χ3v) is 6.64. The van der Waals surface area contributed by atoms with Crippen molar-refractivity contribution < 1.29 is 4.79 Å². The number of nitrogens with zero attached hydrogens (tertiary/aromatic N) is 2. The lowest BCUT2D eigenvalue weighted by molar-refractivity contribution is 0.0682. The minimum absolute atomic E-state index is 0. The number of rotatable bonds is 4. The quantitative estimate of drug-likeness (QED) is 0.881. The van der Waals surface area contributed by atoms with Gasteiger partial charge in [-0.05, 0) is 79.2 Å². The van der Waals surface area contributed by atoms with E-state index in [-0.39, 0.29) is 18.3 Å². The van der Waals surface area contributed by atoms with Crippen LogP contribution in [0.15, 0.2) is 29.0 Å². The van der Waals surface area contributed by atoms with Gasteiger partial charge in [0.2, 0.25) is 0 Å². The van der Waals surface area contributed by atoms with E-state index in [4.69, 9.17) is 0 Å². The van der Waals surface area contributed by atoms with E-state index in [2.05, 4.69) is 27.0 Å². The summed E-state index contributed by atoms with van der Waals surface area (Å²) in [6.45, 7) is 4.94. The van der Waals surface area contributed by atoms with Gasteiger partial charge in [0.15, 0.2) is 0 Å². The third kappa shape index (κ3) is 3.37. The first-order valence-electron chi connectivity index (χ1n) is 8.76. The predicted molar refractivity (Wildman–Crippen MR) is 105 cm³/mol. The molecule has 4 rings (SSSR count). The topological polar surface area (TPSA) is 37.3 Å². The van der Waals surface area contributed by atoms with Crippen molar-refractivity contribution in [1.29, 1.82) is 0 Å². The second-order valence-corrected chi connectivity index (χ2v) is 8.10. The predicted octanol–water partition coefficient (Wildman–Crippen LogP) is 3.60. The maximum Gasteiger partial charge on any atom is 0.271 e. The molecule has 1 unspecified atom stereocenters. The molecule has 4 nitrogen and oxygen atoms in total. The van der Waals surface area contributed by atoms with Gasteiger partial charge in [0.25, 0.3) is 5.91 Å². The highest BCUT2D eigenvalue weighted by atomic mass is 35.5. The molecule has 136 valence electrons. The molecule has 0 radical (unpaired) electrons. The maximum atomic E-state index is 13.3. The maximum absolute atomic E-state index is 13.3. The van der Waals surface area contributed by atoms with Crippen molar-refractivity contribution in [2.24, 2.45) is 12.5 Å². The van der Waals surface area contributed by atoms with Crippen LogP contribution >= 0.6 is 23.7 Å². The second-order valence-electron chi connectivity index (χ2n) is 7.32. The number of piperidine rings is 1. The highest BCUT2D eigenvalue weighted by Gasteiger charge is 2.57. The summed E-state index contributed by atoms with van der Waals surface area (Å²) in [5, 5.41) is 7.71. The number of aromatic nitrogens is 1. The lowest BCUT2D eigenvalue weighted by Gasteiger charge is -2.29. The van der Waals surface area contributed by atoms with Crippen LogP contribution < -0.4 is 5.32 Å². The Bertz CT molecular complexity index is 734. The van der Waals surface area contributed by atoms with Crippen molar-refractivity contribution >= 4 is 29.7 Å². The van der Waals surface area contributed by atoms with Crippen LogP contribution in [-0.4, -0.2) is 34.5 Å². The molecule has 2 fully saturated rings. The van der Waals surface area contributed by atoms with E-state index in [1.165, 1.54) is 18.4 Å². The van der Waals surface area contributed by atoms with Crippen LogP contribution in [0.25, 0.3) is 0 Å². The SMILES string of the molecule is Cc1ccc(C(=O)N(Cc2ccsc2)C2CC23CCNCC3)n1C.Cl. The third-order valence-electron chi connectivity index (χ3n) is 5.91. The standard InChI is InChI=1S/C19H25N3OS.ClH/c1-14-3-4-16(21(14)2)18(23)22(12-15-5-10-24-13-15)17-11-19(17)6-8-20-9-7-19;/h3-5,10,13,17,20H,6-9,11-12H2,1-2H3;1H. The number of nitrogens with one attached hydrogen (secondary N) is 1. The van der Waals surface area contributed by atoms with E-state index >= 15 is 0 Å². The van der Waals surface area contributed by atoms with Gasteiger partial charge in [-0.3, -0.25) is 4.79 Å². The second kappa shape index (κ2) is 7.14. The van der Waals surface area contributed by atoms with Crippen molar-refractivity contribution in [2.45, 2.75) is 38.8 Å². The van der Waals surface area contributed by atoms with Gasteiger partial charge in [-0.15, -0.1) is 12.4 Å². The van der Waals surface area contributed by atoms with Crippen LogP contribution in [0.5, 0.6) is 0 Å². The molecule has 1 aliphatic carbocycles. The van der Waals surface area contributed by atoms with Gasteiger partial charge in [-0.2, -0.15) is 11.3 Å². The minimum Gasteiger partial charge on any atom is -0.344 e. The van der Waals surface area contributed by atoms with Crippen molar-refractivity contribution in [3.05, 3.63) is 45.9 Å². The molecule has 2 aromatic heterocycles. The molecule has 2 aliphatic rings. The summed E-state index contributed by atoms with van der Waals surface area (Å²) in [5.74, 6) is 0.178. The Morgan fingerprint density at radius 2 is 2.12 bits per heavy atom. The van der Waals surface area contributed by atoms with Gasteiger partial charge in [0.1, 0.15) is 5.69 Å². The summed E-state index contributed by atoms with van der Waals surface area (Å²) in [7, 11) is 1.98. The number of hydrogen-bond acceptors (Lipinski definition) is 3. The fourth-order valence-corrected chi connectivity index (χ4v) is 4.77. The van der Waals surface area contributed by atoms with E-state index in [0.717, 1.165) is 37.4 Å². The van der Waals surface area contributed by atoms with E-state index in [9.17, 15) is 4.79 Å². The zero-order valence-electron chi connectivity index (χ0n) is 14.8. The van der Waals surface area contributed by atoms with E-state index in [0.29, 0.717) is 11.5 Å². The van der Waals surface area contributed by atoms with Crippen LogP contribution in [0.3, 0.4) is 0 Å². The molecule has 25 heavy (non-hydrogen) atoms. The largest absolute Gasteiger partial charge is 0.344 e. The smallest absolute Gasteiger partial charge is 0.271 e. The molecule has 3 heterocycles. The Balaban J connectivity index is 0.00000182. The molecule has 0 aromatic carbocycles. The number of halogens is 1. The van der Waals surface area contributed by atoms with Gasteiger partial charge in [0.05, 0.1) is 0 Å². The van der Waals surface area contributed by atoms with Crippen LogP contribution in [0.2, 0.25) is 0 Å². The minimum atomic E-state index is 0. The molecule has 1 saturated carbocycles. The first-order valence-corrected chi connectivity index (χ1v) is 9.70. The lowest BCUT2D eigenvalue weighted by Crippen LogP contribution is -2.39. The molecule has 0 bridgehead atoms. The molecule has 6 heteroatoms. The molecule has 1 N–H and O–H groups in total. The van der Waals surface area contributed by atoms with E-state index in [1.54, 1.807) is 11.3 Å². The molecule has 1 amide bonds. The van der Waals surface area contributed by atoms with Crippen LogP contribution in [0.4, 0.5) is 0 Å². The number of aryl methyl sites for hydroxylation is 1. The van der Waals surface area contributed by atoms with Crippen LogP contribution in [0, 0.1) is 12.3 Å². The summed E-state index contributed by atoms with van der Waals surface area (Å²) in [5.41, 5.74) is 3.53. The van der Waals surface area contributed by atoms with Crippen LogP contribution in [-0.2, 0) is 13.6 Å². The Hall–Kier alpha value is -1.30. The van der Waals surface area contributed by atoms with Gasteiger partial charge < -0.3 is 14.8 Å². The summed E-state index contributed by atoms with van der Waals surface area (Å²) < 4.78 is 2.01. The highest BCUT2D eigenvalue weighted by Crippen LogP contribution is 2.56. The molecule has 2 aromatic rings. The molecular weight excluding hydrogens is 354 g/mol. The first kappa shape index (κ1) is 18.5. The molecule has 1 aliphatic heterocycles. The van der Waals surface area contributed by atoms with E-state index < -0.39 is 0 Å². The fourth-order valence-electron chi connectivity index (χ4n) is 4.11. The highest BCUT2D eigenvalue weighted by molar-refractivity contribution is 7.07. The van der Waals surface area contributed by atoms with Crippen molar-refractivity contribution in [2.75, 3.05) is 13.1 Å². The van der Waals surface area contributed by atoms with E-state index in [1.807, 2.05) is 30.7 Å². The zero-order valence-corrected chi connectivity index (χ0v) is 16.5. The molecule has 1 spiro atoms. The number of carbonyl (C=O) groups excluding carboxylic acids is 1. The molecular formula is C19H26ClN3OS.